The number of benzene rings is 2. The molecule has 0 aromatic heterocycles. The molecule has 0 amide bonds. The second-order valence-corrected chi connectivity index (χ2v) is 9.68. The molecule has 0 atom stereocenters. The van der Waals surface area contributed by atoms with Crippen molar-refractivity contribution in [3.63, 3.8) is 0 Å². The molecule has 0 radical (unpaired) electrons. The Morgan fingerprint density at radius 1 is 0.571 bits per heavy atom. The summed E-state index contributed by atoms with van der Waals surface area (Å²) in [6, 6.07) is 18.5. The molecular weight excluding hydrogens is 496 g/mol. The van der Waals surface area contributed by atoms with Crippen LogP contribution in [0.15, 0.2) is 54.6 Å². The predicted octanol–water partition coefficient (Wildman–Crippen LogP) is 6.64. The van der Waals surface area contributed by atoms with Crippen LogP contribution in [0.4, 0.5) is 0 Å². The fourth-order valence-corrected chi connectivity index (χ4v) is 3.17. The topological polar surface area (TPSA) is 158 Å². The SMILES string of the molecule is CCCCCCCCCCCCc1ccc(Oc2ccccc2)cc1.O=S(=O)(O)O.O=S(=O)(O)O. The Hall–Kier alpha value is -2.02. The van der Waals surface area contributed by atoms with Gasteiger partial charge in [0.2, 0.25) is 0 Å². The maximum atomic E-state index is 8.74. The first-order valence-electron chi connectivity index (χ1n) is 11.6. The standard InChI is InChI=1S/C24H34O.2H2O4S/c1-2-3-4-5-6-7-8-9-10-12-15-22-18-20-24(21-19-22)25-23-16-13-11-14-17-23;2*1-5(2,3)4/h11,13-14,16-21H,2-10,12,15H2,1H3;2*(H2,1,2,3,4). The second kappa shape index (κ2) is 19.2. The number of hydrogen-bond acceptors (Lipinski definition) is 5. The molecule has 200 valence electrons. The van der Waals surface area contributed by atoms with Gasteiger partial charge in [0.25, 0.3) is 0 Å². The highest BCUT2D eigenvalue weighted by molar-refractivity contribution is 7.80. The van der Waals surface area contributed by atoms with E-state index in [1.165, 1.54) is 76.2 Å². The van der Waals surface area contributed by atoms with Crippen molar-refractivity contribution < 1.29 is 39.8 Å². The Morgan fingerprint density at radius 3 is 1.37 bits per heavy atom. The lowest BCUT2D eigenvalue weighted by atomic mass is 10.0. The van der Waals surface area contributed by atoms with Crippen molar-refractivity contribution in [2.24, 2.45) is 0 Å². The molecule has 0 unspecified atom stereocenters. The van der Waals surface area contributed by atoms with E-state index in [1.54, 1.807) is 0 Å². The summed E-state index contributed by atoms with van der Waals surface area (Å²) in [5.41, 5.74) is 1.42. The molecule has 4 N–H and O–H groups in total. The molecule has 0 saturated carbocycles. The lowest BCUT2D eigenvalue weighted by molar-refractivity contribution is 0.378. The minimum atomic E-state index is -4.67. The summed E-state index contributed by atoms with van der Waals surface area (Å²) in [4.78, 5) is 0. The number of para-hydroxylation sites is 1. The van der Waals surface area contributed by atoms with Crippen LogP contribution in [-0.2, 0) is 27.2 Å². The summed E-state index contributed by atoms with van der Waals surface area (Å²) in [5.74, 6) is 1.81. The Morgan fingerprint density at radius 2 is 0.943 bits per heavy atom. The average molecular weight is 535 g/mol. The Kier molecular flexibility index (Phi) is 18.1. The fraction of sp³-hybridized carbons (Fsp3) is 0.500. The van der Waals surface area contributed by atoms with Gasteiger partial charge in [-0.2, -0.15) is 16.8 Å². The molecule has 2 aromatic rings. The van der Waals surface area contributed by atoms with Gasteiger partial charge < -0.3 is 4.74 Å². The minimum Gasteiger partial charge on any atom is -0.457 e. The minimum absolute atomic E-state index is 0.893. The molecule has 0 heterocycles. The summed E-state index contributed by atoms with van der Waals surface area (Å²) in [6.07, 6.45) is 15.1. The molecular formula is C24H38O9S2. The molecule has 0 saturated heterocycles. The van der Waals surface area contributed by atoms with Crippen molar-refractivity contribution in [3.05, 3.63) is 60.2 Å². The number of ether oxygens (including phenoxy) is 1. The van der Waals surface area contributed by atoms with E-state index < -0.39 is 20.8 Å². The van der Waals surface area contributed by atoms with E-state index in [9.17, 15) is 0 Å². The van der Waals surface area contributed by atoms with Crippen LogP contribution in [0, 0.1) is 0 Å². The molecule has 0 aliphatic rings. The molecule has 2 aromatic carbocycles. The normalized spacial score (nSPS) is 11.0. The van der Waals surface area contributed by atoms with Crippen molar-refractivity contribution in [2.45, 2.75) is 77.6 Å². The number of rotatable bonds is 13. The first kappa shape index (κ1) is 33.0. The molecule has 2 rings (SSSR count). The Labute approximate surface area is 209 Å². The largest absolute Gasteiger partial charge is 0.457 e. The molecule has 11 heteroatoms. The van der Waals surface area contributed by atoms with Gasteiger partial charge in [0, 0.05) is 0 Å². The van der Waals surface area contributed by atoms with Crippen LogP contribution in [0.25, 0.3) is 0 Å². The van der Waals surface area contributed by atoms with Gasteiger partial charge in [-0.05, 0) is 42.7 Å². The van der Waals surface area contributed by atoms with Crippen molar-refractivity contribution in [1.29, 1.82) is 0 Å². The highest BCUT2D eigenvalue weighted by atomic mass is 32.3. The Bertz CT molecular complexity index is 929. The fourth-order valence-electron chi connectivity index (χ4n) is 3.17. The zero-order valence-corrected chi connectivity index (χ0v) is 21.8. The third kappa shape index (κ3) is 28.1. The van der Waals surface area contributed by atoms with Crippen molar-refractivity contribution >= 4 is 20.8 Å². The lowest BCUT2D eigenvalue weighted by Gasteiger charge is -2.07. The van der Waals surface area contributed by atoms with Gasteiger partial charge in [0.05, 0.1) is 0 Å². The molecule has 0 fully saturated rings. The smallest absolute Gasteiger partial charge is 0.394 e. The van der Waals surface area contributed by atoms with Gasteiger partial charge in [-0.3, -0.25) is 18.2 Å². The third-order valence-corrected chi connectivity index (χ3v) is 4.72. The van der Waals surface area contributed by atoms with Crippen LogP contribution in [0.1, 0.15) is 76.7 Å². The van der Waals surface area contributed by atoms with Crippen LogP contribution in [0.2, 0.25) is 0 Å². The van der Waals surface area contributed by atoms with Crippen LogP contribution in [-0.4, -0.2) is 35.0 Å². The van der Waals surface area contributed by atoms with Crippen molar-refractivity contribution in [1.82, 2.24) is 0 Å². The third-order valence-electron chi connectivity index (χ3n) is 4.72. The summed E-state index contributed by atoms with van der Waals surface area (Å²) < 4.78 is 69.0. The van der Waals surface area contributed by atoms with E-state index in [2.05, 4.69) is 31.2 Å². The summed E-state index contributed by atoms with van der Waals surface area (Å²) in [5, 5.41) is 0. The second-order valence-electron chi connectivity index (χ2n) is 7.89. The van der Waals surface area contributed by atoms with E-state index in [1.807, 2.05) is 30.3 Å². The predicted molar refractivity (Wildman–Crippen MR) is 137 cm³/mol. The monoisotopic (exact) mass is 534 g/mol. The van der Waals surface area contributed by atoms with E-state index in [4.69, 9.17) is 39.8 Å². The number of hydrogen-bond donors (Lipinski definition) is 4. The van der Waals surface area contributed by atoms with Gasteiger partial charge in [-0.25, -0.2) is 0 Å². The zero-order valence-electron chi connectivity index (χ0n) is 20.1. The molecule has 0 aliphatic heterocycles. The molecule has 0 spiro atoms. The lowest BCUT2D eigenvalue weighted by Crippen LogP contribution is -1.89. The summed E-state index contributed by atoms with van der Waals surface area (Å²) in [6.45, 7) is 2.28. The van der Waals surface area contributed by atoms with E-state index in [-0.39, 0.29) is 0 Å². The summed E-state index contributed by atoms with van der Waals surface area (Å²) >= 11 is 0. The van der Waals surface area contributed by atoms with Crippen LogP contribution in [0.5, 0.6) is 11.5 Å². The first-order valence-corrected chi connectivity index (χ1v) is 14.4. The van der Waals surface area contributed by atoms with E-state index >= 15 is 0 Å². The quantitative estimate of drug-likeness (QED) is 0.163. The van der Waals surface area contributed by atoms with Gasteiger partial charge >= 0.3 is 20.8 Å². The van der Waals surface area contributed by atoms with Gasteiger partial charge in [-0.1, -0.05) is 95.0 Å². The van der Waals surface area contributed by atoms with E-state index in [0.29, 0.717) is 0 Å². The Balaban J connectivity index is 0.000000975. The number of aryl methyl sites for hydroxylation is 1. The van der Waals surface area contributed by atoms with Crippen LogP contribution >= 0.6 is 0 Å². The number of unbranched alkanes of at least 4 members (excludes halogenated alkanes) is 9. The van der Waals surface area contributed by atoms with Gasteiger partial charge in [0.1, 0.15) is 11.5 Å². The molecule has 9 nitrogen and oxygen atoms in total. The van der Waals surface area contributed by atoms with Crippen LogP contribution < -0.4 is 4.74 Å². The molecule has 35 heavy (non-hydrogen) atoms. The first-order chi connectivity index (χ1) is 16.4. The molecule has 0 bridgehead atoms. The van der Waals surface area contributed by atoms with Crippen molar-refractivity contribution in [3.8, 4) is 11.5 Å². The maximum absolute atomic E-state index is 8.74. The van der Waals surface area contributed by atoms with Gasteiger partial charge in [-0.15, -0.1) is 0 Å². The van der Waals surface area contributed by atoms with Crippen LogP contribution in [0.3, 0.4) is 0 Å². The molecule has 0 aliphatic carbocycles. The highest BCUT2D eigenvalue weighted by Crippen LogP contribution is 2.22. The zero-order chi connectivity index (χ0) is 26.6. The van der Waals surface area contributed by atoms with E-state index in [0.717, 1.165) is 11.5 Å². The average Bonchev–Trinajstić information content (AvgIpc) is 2.75. The van der Waals surface area contributed by atoms with Gasteiger partial charge in [0.15, 0.2) is 0 Å². The highest BCUT2D eigenvalue weighted by Gasteiger charge is 1.98. The van der Waals surface area contributed by atoms with Crippen molar-refractivity contribution in [2.75, 3.05) is 0 Å². The maximum Gasteiger partial charge on any atom is 0.394 e. The summed E-state index contributed by atoms with van der Waals surface area (Å²) in [7, 11) is -9.33.